The zero-order valence-corrected chi connectivity index (χ0v) is 29.9. The summed E-state index contributed by atoms with van der Waals surface area (Å²) < 4.78 is 2.37. The molecule has 9 aromatic carbocycles. The summed E-state index contributed by atoms with van der Waals surface area (Å²) in [5, 5.41) is 9.93. The van der Waals surface area contributed by atoms with Crippen LogP contribution in [-0.2, 0) is 0 Å². The van der Waals surface area contributed by atoms with Crippen LogP contribution in [0, 0.1) is 0 Å². The van der Waals surface area contributed by atoms with E-state index in [9.17, 15) is 0 Å². The number of benzene rings is 9. The minimum atomic E-state index is 0.698. The zero-order chi connectivity index (χ0) is 36.3. The van der Waals surface area contributed by atoms with Gasteiger partial charge in [0, 0.05) is 33.2 Å². The molecule has 0 atom stereocenters. The summed E-state index contributed by atoms with van der Waals surface area (Å²) in [4.78, 5) is 10.5. The van der Waals surface area contributed by atoms with Gasteiger partial charge in [0.15, 0.2) is 5.82 Å². The summed E-state index contributed by atoms with van der Waals surface area (Å²) in [5.41, 5.74) is 10.7. The van der Waals surface area contributed by atoms with E-state index in [2.05, 4.69) is 187 Å². The summed E-state index contributed by atoms with van der Waals surface area (Å²) >= 11 is 0. The van der Waals surface area contributed by atoms with Gasteiger partial charge in [0.25, 0.3) is 0 Å². The number of rotatable bonds is 5. The number of nitrogens with zero attached hydrogens (tertiary/aromatic N) is 3. The van der Waals surface area contributed by atoms with Gasteiger partial charge in [-0.2, -0.15) is 0 Å². The third-order valence-corrected chi connectivity index (χ3v) is 11.0. The Morgan fingerprint density at radius 1 is 0.345 bits per heavy atom. The molecule has 0 radical (unpaired) electrons. The first-order valence-corrected chi connectivity index (χ1v) is 18.7. The molecule has 256 valence electrons. The predicted octanol–water partition coefficient (Wildman–Crippen LogP) is 13.7. The Bertz CT molecular complexity index is 3230. The Labute approximate surface area is 318 Å². The Balaban J connectivity index is 1.12. The maximum absolute atomic E-state index is 5.29. The van der Waals surface area contributed by atoms with E-state index in [0.29, 0.717) is 5.82 Å². The topological polar surface area (TPSA) is 30.7 Å². The van der Waals surface area contributed by atoms with Crippen LogP contribution in [0.2, 0.25) is 0 Å². The molecule has 0 spiro atoms. The smallest absolute Gasteiger partial charge is 0.160 e. The fourth-order valence-corrected chi connectivity index (χ4v) is 8.46. The van der Waals surface area contributed by atoms with Gasteiger partial charge in [-0.05, 0) is 73.8 Å². The Kier molecular flexibility index (Phi) is 7.17. The molecule has 11 rings (SSSR count). The molecule has 0 N–H and O–H groups in total. The van der Waals surface area contributed by atoms with Gasteiger partial charge in [-0.15, -0.1) is 0 Å². The molecule has 0 aliphatic rings. The van der Waals surface area contributed by atoms with Gasteiger partial charge in [0.05, 0.1) is 22.4 Å². The standard InChI is InChI=1S/C52H33N3/c1-3-15-37(16-4-1)52-53-47(33-48(54-52)45-24-13-23-44-42-22-11-12-25-49(42)55(51(44)45)39-18-5-2-6-19-39)35-26-28-36(29-27-35)50-41-21-10-8-17-38(41)32-46-40-20-9-7-14-34(40)30-31-43(46)50/h1-33H. The van der Waals surface area contributed by atoms with Gasteiger partial charge in [0.1, 0.15) is 0 Å². The lowest BCUT2D eigenvalue weighted by Crippen LogP contribution is -1.99. The van der Waals surface area contributed by atoms with E-state index in [-0.39, 0.29) is 0 Å². The second kappa shape index (κ2) is 12.6. The van der Waals surface area contributed by atoms with Crippen LogP contribution in [0.3, 0.4) is 0 Å². The zero-order valence-electron chi connectivity index (χ0n) is 29.9. The summed E-state index contributed by atoms with van der Waals surface area (Å²) in [6.45, 7) is 0. The van der Waals surface area contributed by atoms with Gasteiger partial charge in [-0.3, -0.25) is 0 Å². The van der Waals surface area contributed by atoms with Gasteiger partial charge < -0.3 is 4.57 Å². The van der Waals surface area contributed by atoms with Crippen molar-refractivity contribution in [3.63, 3.8) is 0 Å². The maximum Gasteiger partial charge on any atom is 0.160 e. The third-order valence-electron chi connectivity index (χ3n) is 11.0. The Morgan fingerprint density at radius 3 is 1.80 bits per heavy atom. The normalized spacial score (nSPS) is 11.6. The first kappa shape index (κ1) is 31.2. The van der Waals surface area contributed by atoms with Crippen LogP contribution >= 0.6 is 0 Å². The van der Waals surface area contributed by atoms with E-state index in [1.54, 1.807) is 0 Å². The Morgan fingerprint density at radius 2 is 0.982 bits per heavy atom. The van der Waals surface area contributed by atoms with E-state index in [0.717, 1.165) is 39.3 Å². The Hall–Kier alpha value is -7.36. The number of aromatic nitrogens is 3. The molecule has 0 fully saturated rings. The van der Waals surface area contributed by atoms with Gasteiger partial charge in [0.2, 0.25) is 0 Å². The average molecular weight is 700 g/mol. The van der Waals surface area contributed by atoms with Crippen molar-refractivity contribution < 1.29 is 0 Å². The van der Waals surface area contributed by atoms with Gasteiger partial charge >= 0.3 is 0 Å². The quantitative estimate of drug-likeness (QED) is 0.132. The number of hydrogen-bond acceptors (Lipinski definition) is 2. The highest BCUT2D eigenvalue weighted by Gasteiger charge is 2.19. The van der Waals surface area contributed by atoms with E-state index < -0.39 is 0 Å². The molecule has 0 bridgehead atoms. The van der Waals surface area contributed by atoms with E-state index in [4.69, 9.17) is 9.97 Å². The van der Waals surface area contributed by atoms with Crippen LogP contribution in [-0.4, -0.2) is 14.5 Å². The van der Waals surface area contributed by atoms with Gasteiger partial charge in [-0.25, -0.2) is 9.97 Å². The molecular weight excluding hydrogens is 667 g/mol. The number of hydrogen-bond donors (Lipinski definition) is 0. The molecule has 3 heteroatoms. The van der Waals surface area contributed by atoms with Crippen molar-refractivity contribution in [2.45, 2.75) is 0 Å². The van der Waals surface area contributed by atoms with Crippen molar-refractivity contribution in [1.82, 2.24) is 14.5 Å². The monoisotopic (exact) mass is 699 g/mol. The molecule has 55 heavy (non-hydrogen) atoms. The van der Waals surface area contributed by atoms with Crippen molar-refractivity contribution in [3.05, 3.63) is 200 Å². The summed E-state index contributed by atoms with van der Waals surface area (Å²) in [6.07, 6.45) is 0. The average Bonchev–Trinajstić information content (AvgIpc) is 3.61. The lowest BCUT2D eigenvalue weighted by molar-refractivity contribution is 1.16. The van der Waals surface area contributed by atoms with Crippen LogP contribution in [0.15, 0.2) is 200 Å². The van der Waals surface area contributed by atoms with Gasteiger partial charge in [-0.1, -0.05) is 170 Å². The maximum atomic E-state index is 5.29. The van der Waals surface area contributed by atoms with Crippen molar-refractivity contribution in [3.8, 4) is 50.7 Å². The van der Waals surface area contributed by atoms with Crippen LogP contribution in [0.4, 0.5) is 0 Å². The SMILES string of the molecule is c1ccc(-c2nc(-c3ccc(-c4c5ccccc5cc5c4ccc4ccccc45)cc3)cc(-c3cccc4c5ccccc5n(-c5ccccc5)c34)n2)cc1. The van der Waals surface area contributed by atoms with E-state index in [1.807, 2.05) is 18.2 Å². The first-order valence-electron chi connectivity index (χ1n) is 18.7. The summed E-state index contributed by atoms with van der Waals surface area (Å²) in [7, 11) is 0. The van der Waals surface area contributed by atoms with E-state index >= 15 is 0 Å². The summed E-state index contributed by atoms with van der Waals surface area (Å²) in [6, 6.07) is 71.5. The van der Waals surface area contributed by atoms with E-state index in [1.165, 1.54) is 59.7 Å². The highest BCUT2D eigenvalue weighted by molar-refractivity contribution is 6.20. The molecule has 0 aliphatic carbocycles. The van der Waals surface area contributed by atoms with Crippen LogP contribution in [0.1, 0.15) is 0 Å². The number of para-hydroxylation sites is 3. The second-order valence-electron chi connectivity index (χ2n) is 14.1. The fraction of sp³-hybridized carbons (Fsp3) is 0. The largest absolute Gasteiger partial charge is 0.309 e. The van der Waals surface area contributed by atoms with Crippen molar-refractivity contribution in [2.24, 2.45) is 0 Å². The van der Waals surface area contributed by atoms with Crippen molar-refractivity contribution in [2.75, 3.05) is 0 Å². The lowest BCUT2D eigenvalue weighted by Gasteiger charge is -2.15. The molecule has 0 amide bonds. The lowest BCUT2D eigenvalue weighted by atomic mass is 9.89. The molecule has 11 aromatic rings. The molecular formula is C52H33N3. The predicted molar refractivity (Wildman–Crippen MR) is 231 cm³/mol. The summed E-state index contributed by atoms with van der Waals surface area (Å²) in [5.74, 6) is 0.698. The third kappa shape index (κ3) is 5.13. The molecule has 0 saturated carbocycles. The highest BCUT2D eigenvalue weighted by atomic mass is 15.0. The highest BCUT2D eigenvalue weighted by Crippen LogP contribution is 2.41. The van der Waals surface area contributed by atoms with Crippen molar-refractivity contribution >= 4 is 54.1 Å². The van der Waals surface area contributed by atoms with Crippen LogP contribution < -0.4 is 0 Å². The van der Waals surface area contributed by atoms with Crippen LogP contribution in [0.25, 0.3) is 105 Å². The molecule has 2 aromatic heterocycles. The molecule has 3 nitrogen and oxygen atoms in total. The number of fused-ring (bicyclic) bond motifs is 7. The van der Waals surface area contributed by atoms with Crippen LogP contribution in [0.5, 0.6) is 0 Å². The van der Waals surface area contributed by atoms with Crippen molar-refractivity contribution in [1.29, 1.82) is 0 Å². The fourth-order valence-electron chi connectivity index (χ4n) is 8.46. The minimum Gasteiger partial charge on any atom is -0.309 e. The molecule has 0 unspecified atom stereocenters. The second-order valence-corrected chi connectivity index (χ2v) is 14.1. The first-order chi connectivity index (χ1) is 27.3. The molecule has 0 saturated heterocycles. The molecule has 0 aliphatic heterocycles. The molecule has 2 heterocycles. The minimum absolute atomic E-state index is 0.698.